The number of halogens is 1. The Bertz CT molecular complexity index is 1260. The molecule has 0 aliphatic carbocycles. The number of hydrogen-bond acceptors (Lipinski definition) is 7. The summed E-state index contributed by atoms with van der Waals surface area (Å²) < 4.78 is 25.9. The molecule has 0 bridgehead atoms. The molecule has 0 saturated carbocycles. The highest BCUT2D eigenvalue weighted by atomic mass is 32.1. The Labute approximate surface area is 184 Å². The maximum Gasteiger partial charge on any atom is 0.146 e. The Morgan fingerprint density at radius 2 is 2.03 bits per heavy atom. The van der Waals surface area contributed by atoms with Crippen LogP contribution in [0.25, 0.3) is 10.9 Å². The number of fused-ring (bicyclic) bond motifs is 1. The second-order valence-electron chi connectivity index (χ2n) is 7.29. The van der Waals surface area contributed by atoms with Gasteiger partial charge in [0.1, 0.15) is 35.6 Å². The minimum Gasteiger partial charge on any atom is -0.487 e. The van der Waals surface area contributed by atoms with Gasteiger partial charge < -0.3 is 14.6 Å². The van der Waals surface area contributed by atoms with Crippen LogP contribution in [0, 0.1) is 19.7 Å². The zero-order valence-corrected chi connectivity index (χ0v) is 18.2. The topological polar surface area (TPSA) is 77.2 Å². The van der Waals surface area contributed by atoms with Gasteiger partial charge in [-0.25, -0.2) is 19.3 Å². The summed E-state index contributed by atoms with van der Waals surface area (Å²) in [6.07, 6.45) is 4.88. The third-order valence-corrected chi connectivity index (χ3v) is 5.14. The summed E-state index contributed by atoms with van der Waals surface area (Å²) in [5.41, 5.74) is 2.92. The van der Waals surface area contributed by atoms with Crippen molar-refractivity contribution in [1.82, 2.24) is 19.5 Å². The van der Waals surface area contributed by atoms with Crippen molar-refractivity contribution in [3.05, 3.63) is 66.3 Å². The van der Waals surface area contributed by atoms with Crippen LogP contribution < -0.4 is 10.1 Å². The van der Waals surface area contributed by atoms with Crippen molar-refractivity contribution < 1.29 is 9.13 Å². The molecular weight excluding hydrogens is 415 g/mol. The van der Waals surface area contributed by atoms with Gasteiger partial charge in [-0.2, -0.15) is 4.36 Å². The van der Waals surface area contributed by atoms with E-state index in [4.69, 9.17) is 17.2 Å². The largest absolute Gasteiger partial charge is 0.487 e. The number of aromatic nitrogens is 4. The highest BCUT2D eigenvalue weighted by Crippen LogP contribution is 2.33. The van der Waals surface area contributed by atoms with Crippen molar-refractivity contribution in [2.75, 3.05) is 5.32 Å². The van der Waals surface area contributed by atoms with Crippen LogP contribution in [0.5, 0.6) is 5.75 Å². The van der Waals surface area contributed by atoms with E-state index < -0.39 is 0 Å². The zero-order chi connectivity index (χ0) is 22.0. The Morgan fingerprint density at radius 1 is 1.19 bits per heavy atom. The van der Waals surface area contributed by atoms with E-state index in [1.165, 1.54) is 18.5 Å². The minimum absolute atomic E-state index is 0.213. The number of nitrogens with one attached hydrogen (secondary N) is 1. The number of hydrogen-bond donors (Lipinski definition) is 1. The predicted octanol–water partition coefficient (Wildman–Crippen LogP) is 5.16. The van der Waals surface area contributed by atoms with Crippen molar-refractivity contribution in [3.8, 4) is 5.75 Å². The minimum atomic E-state index is -0.382. The van der Waals surface area contributed by atoms with Crippen molar-refractivity contribution in [2.45, 2.75) is 33.4 Å². The van der Waals surface area contributed by atoms with Gasteiger partial charge in [-0.3, -0.25) is 0 Å². The lowest BCUT2D eigenvalue weighted by Gasteiger charge is -2.19. The first-order valence-electron chi connectivity index (χ1n) is 9.74. The molecule has 0 spiro atoms. The maximum absolute atomic E-state index is 14.0. The summed E-state index contributed by atoms with van der Waals surface area (Å²) in [6.45, 7) is 6.39. The first-order valence-corrected chi connectivity index (χ1v) is 10.1. The number of aryl methyl sites for hydroxylation is 2. The van der Waals surface area contributed by atoms with Crippen LogP contribution in [0.3, 0.4) is 0 Å². The molecule has 1 N–H and O–H groups in total. The summed E-state index contributed by atoms with van der Waals surface area (Å²) in [6, 6.07) is 8.06. The number of benzene rings is 2. The van der Waals surface area contributed by atoms with Gasteiger partial charge in [0.2, 0.25) is 0 Å². The van der Waals surface area contributed by atoms with E-state index in [9.17, 15) is 4.39 Å². The molecule has 2 aromatic carbocycles. The number of nitrogens with zero attached hydrogens (tertiary/aromatic N) is 5. The van der Waals surface area contributed by atoms with E-state index in [-0.39, 0.29) is 11.9 Å². The summed E-state index contributed by atoms with van der Waals surface area (Å²) in [5.74, 6) is 1.49. The Morgan fingerprint density at radius 3 is 2.77 bits per heavy atom. The third-order valence-electron chi connectivity index (χ3n) is 4.93. The lowest BCUT2D eigenvalue weighted by Crippen LogP contribution is -2.20. The molecule has 31 heavy (non-hydrogen) atoms. The normalized spacial score (nSPS) is 12.0. The van der Waals surface area contributed by atoms with E-state index in [2.05, 4.69) is 24.6 Å². The van der Waals surface area contributed by atoms with E-state index in [1.54, 1.807) is 18.3 Å². The lowest BCUT2D eigenvalue weighted by molar-refractivity contribution is 0.199. The number of anilines is 2. The smallest absolute Gasteiger partial charge is 0.146 e. The highest BCUT2D eigenvalue weighted by molar-refractivity contribution is 7.47. The highest BCUT2D eigenvalue weighted by Gasteiger charge is 2.15. The van der Waals surface area contributed by atoms with Crippen LogP contribution in [0.4, 0.5) is 21.6 Å². The molecule has 7 nitrogen and oxygen atoms in total. The van der Waals surface area contributed by atoms with Gasteiger partial charge in [0, 0.05) is 36.3 Å². The average Bonchev–Trinajstić information content (AvgIpc) is 3.14. The molecule has 1 unspecified atom stereocenters. The fourth-order valence-electron chi connectivity index (χ4n) is 3.47. The number of imidazole rings is 1. The average molecular weight is 437 g/mol. The van der Waals surface area contributed by atoms with Gasteiger partial charge in [-0.15, -0.1) is 0 Å². The first kappa shape index (κ1) is 20.8. The van der Waals surface area contributed by atoms with Gasteiger partial charge >= 0.3 is 0 Å². The van der Waals surface area contributed by atoms with Crippen LogP contribution in [-0.2, 0) is 19.0 Å². The fraction of sp³-hybridized carbons (Fsp3) is 0.227. The lowest BCUT2D eigenvalue weighted by atomic mass is 10.1. The fourth-order valence-corrected chi connectivity index (χ4v) is 3.58. The summed E-state index contributed by atoms with van der Waals surface area (Å²) in [5, 5.41) is 4.11. The summed E-state index contributed by atoms with van der Waals surface area (Å²) in [4.78, 5) is 12.9. The molecule has 0 aliphatic heterocycles. The van der Waals surface area contributed by atoms with E-state index in [0.717, 1.165) is 22.3 Å². The number of rotatable bonds is 7. The monoisotopic (exact) mass is 436 g/mol. The van der Waals surface area contributed by atoms with Crippen LogP contribution in [0.1, 0.15) is 18.3 Å². The molecular formula is C22H21FN6OS. The second kappa shape index (κ2) is 8.73. The van der Waals surface area contributed by atoms with Crippen molar-refractivity contribution >= 4 is 40.5 Å². The molecule has 0 saturated heterocycles. The standard InChI is InChI=1S/C22H21FN6OS/c1-13-8-17(28-31)10-19-21(13)22(26-12-25-19)27-18-5-4-16(23)9-20(18)30-14(2)11-29-7-6-24-15(29)3/h4-10,12,14H,11H2,1-3H3,(H,25,26,27). The third kappa shape index (κ3) is 4.51. The molecule has 158 valence electrons. The quantitative estimate of drug-likeness (QED) is 0.431. The number of ether oxygens (including phenoxy) is 1. The molecule has 1 atom stereocenters. The van der Waals surface area contributed by atoms with Crippen LogP contribution in [-0.4, -0.2) is 25.6 Å². The van der Waals surface area contributed by atoms with Crippen molar-refractivity contribution in [2.24, 2.45) is 4.36 Å². The van der Waals surface area contributed by atoms with Crippen molar-refractivity contribution in [3.63, 3.8) is 0 Å². The van der Waals surface area contributed by atoms with Gasteiger partial charge in [0.25, 0.3) is 0 Å². The molecule has 4 aromatic rings. The molecule has 0 radical (unpaired) electrons. The SMILES string of the molecule is Cc1cc(N=S)cc2ncnc(Nc3ccc(F)cc3OC(C)Cn3ccnc3C)c12. The maximum atomic E-state index is 14.0. The van der Waals surface area contributed by atoms with E-state index in [1.807, 2.05) is 37.6 Å². The molecule has 4 rings (SSSR count). The Hall–Kier alpha value is -3.46. The van der Waals surface area contributed by atoms with Gasteiger partial charge in [0.15, 0.2) is 0 Å². The van der Waals surface area contributed by atoms with Crippen LogP contribution >= 0.6 is 0 Å². The van der Waals surface area contributed by atoms with E-state index >= 15 is 0 Å². The second-order valence-corrected chi connectivity index (χ2v) is 7.47. The van der Waals surface area contributed by atoms with Gasteiger partial charge in [0.05, 0.1) is 23.4 Å². The molecule has 0 aliphatic rings. The van der Waals surface area contributed by atoms with Gasteiger partial charge in [-0.05, 0) is 50.6 Å². The summed E-state index contributed by atoms with van der Waals surface area (Å²) >= 11 is 4.81. The Kier molecular flexibility index (Phi) is 5.85. The zero-order valence-electron chi connectivity index (χ0n) is 17.3. The van der Waals surface area contributed by atoms with Crippen LogP contribution in [0.2, 0.25) is 0 Å². The van der Waals surface area contributed by atoms with Crippen LogP contribution in [0.15, 0.2) is 53.4 Å². The molecule has 0 amide bonds. The van der Waals surface area contributed by atoms with Gasteiger partial charge in [-0.1, -0.05) is 0 Å². The first-order chi connectivity index (χ1) is 14.9. The molecule has 0 fully saturated rings. The molecule has 9 heteroatoms. The van der Waals surface area contributed by atoms with Crippen molar-refractivity contribution in [1.29, 1.82) is 0 Å². The predicted molar refractivity (Wildman–Crippen MR) is 120 cm³/mol. The van der Waals surface area contributed by atoms with E-state index in [0.29, 0.717) is 29.5 Å². The summed E-state index contributed by atoms with van der Waals surface area (Å²) in [7, 11) is 0. The Balaban J connectivity index is 1.65. The molecule has 2 aromatic heterocycles. The molecule has 2 heterocycles.